The standard InChI is InChI=1S/C14H16N2O/c1-10(2)9-16(3)14(17)13-8-11-6-4-5-7-12(11)15-13/h4-8,15H,1,9H2,2-3H3. The number of carbonyl (C=O) groups is 1. The zero-order valence-corrected chi connectivity index (χ0v) is 10.2. The lowest BCUT2D eigenvalue weighted by atomic mass is 10.2. The Bertz CT molecular complexity index is 535. The van der Waals surface area contributed by atoms with Crippen LogP contribution in [0.15, 0.2) is 42.5 Å². The molecule has 1 N–H and O–H groups in total. The van der Waals surface area contributed by atoms with E-state index in [1.54, 1.807) is 11.9 Å². The number of H-pyrrole nitrogens is 1. The molecule has 3 nitrogen and oxygen atoms in total. The van der Waals surface area contributed by atoms with Gasteiger partial charge in [0.25, 0.3) is 5.91 Å². The highest BCUT2D eigenvalue weighted by atomic mass is 16.2. The maximum absolute atomic E-state index is 12.1. The molecule has 2 rings (SSSR count). The van der Waals surface area contributed by atoms with Crippen LogP contribution in [-0.4, -0.2) is 29.4 Å². The molecule has 2 aromatic rings. The van der Waals surface area contributed by atoms with Crippen molar-refractivity contribution in [1.82, 2.24) is 9.88 Å². The first-order chi connectivity index (χ1) is 8.08. The summed E-state index contributed by atoms with van der Waals surface area (Å²) in [5, 5.41) is 1.06. The van der Waals surface area contributed by atoms with Gasteiger partial charge in [0.2, 0.25) is 0 Å². The third-order valence-electron chi connectivity index (χ3n) is 2.61. The number of rotatable bonds is 3. The van der Waals surface area contributed by atoms with Crippen molar-refractivity contribution in [2.75, 3.05) is 13.6 Å². The number of aromatic nitrogens is 1. The minimum absolute atomic E-state index is 0.0100. The Morgan fingerprint density at radius 2 is 2.12 bits per heavy atom. The molecule has 0 aliphatic rings. The number of benzene rings is 1. The van der Waals surface area contributed by atoms with Crippen LogP contribution in [0.1, 0.15) is 17.4 Å². The molecule has 0 saturated carbocycles. The van der Waals surface area contributed by atoms with Gasteiger partial charge in [0, 0.05) is 24.5 Å². The fourth-order valence-electron chi connectivity index (χ4n) is 1.87. The number of fused-ring (bicyclic) bond motifs is 1. The van der Waals surface area contributed by atoms with Crippen LogP contribution < -0.4 is 0 Å². The van der Waals surface area contributed by atoms with E-state index in [9.17, 15) is 4.79 Å². The van der Waals surface area contributed by atoms with E-state index in [2.05, 4.69) is 11.6 Å². The van der Waals surface area contributed by atoms with E-state index in [1.807, 2.05) is 37.3 Å². The lowest BCUT2D eigenvalue weighted by Crippen LogP contribution is -2.28. The van der Waals surface area contributed by atoms with Crippen molar-refractivity contribution < 1.29 is 4.79 Å². The Kier molecular flexibility index (Phi) is 3.00. The molecule has 0 atom stereocenters. The molecule has 0 spiro atoms. The molecule has 17 heavy (non-hydrogen) atoms. The smallest absolute Gasteiger partial charge is 0.270 e. The molecule has 1 amide bonds. The first-order valence-electron chi connectivity index (χ1n) is 5.55. The Morgan fingerprint density at radius 3 is 2.76 bits per heavy atom. The third-order valence-corrected chi connectivity index (χ3v) is 2.61. The normalized spacial score (nSPS) is 10.5. The molecule has 0 fully saturated rings. The van der Waals surface area contributed by atoms with Gasteiger partial charge in [0.05, 0.1) is 0 Å². The number of nitrogens with zero attached hydrogens (tertiary/aromatic N) is 1. The van der Waals surface area contributed by atoms with E-state index in [0.29, 0.717) is 12.2 Å². The van der Waals surface area contributed by atoms with Crippen molar-refractivity contribution in [2.24, 2.45) is 0 Å². The topological polar surface area (TPSA) is 36.1 Å². The van der Waals surface area contributed by atoms with Crippen molar-refractivity contribution >= 4 is 16.8 Å². The second-order valence-electron chi connectivity index (χ2n) is 4.39. The molecular weight excluding hydrogens is 212 g/mol. The van der Waals surface area contributed by atoms with Gasteiger partial charge in [-0.25, -0.2) is 0 Å². The zero-order valence-electron chi connectivity index (χ0n) is 10.2. The molecule has 0 radical (unpaired) electrons. The van der Waals surface area contributed by atoms with Gasteiger partial charge in [-0.1, -0.05) is 30.4 Å². The van der Waals surface area contributed by atoms with E-state index >= 15 is 0 Å². The number of carbonyl (C=O) groups excluding carboxylic acids is 1. The summed E-state index contributed by atoms with van der Waals surface area (Å²) in [6.07, 6.45) is 0. The molecule has 3 heteroatoms. The number of hydrogen-bond donors (Lipinski definition) is 1. The van der Waals surface area contributed by atoms with Crippen molar-refractivity contribution in [3.8, 4) is 0 Å². The molecule has 0 aliphatic heterocycles. The highest BCUT2D eigenvalue weighted by Gasteiger charge is 2.13. The van der Waals surface area contributed by atoms with Gasteiger partial charge in [-0.2, -0.15) is 0 Å². The van der Waals surface area contributed by atoms with Gasteiger partial charge >= 0.3 is 0 Å². The summed E-state index contributed by atoms with van der Waals surface area (Å²) in [5.41, 5.74) is 2.58. The van der Waals surface area contributed by atoms with Gasteiger partial charge in [0.15, 0.2) is 0 Å². The Labute approximate surface area is 101 Å². The molecule has 88 valence electrons. The molecule has 0 aliphatic carbocycles. The van der Waals surface area contributed by atoms with Crippen LogP contribution >= 0.6 is 0 Å². The predicted molar refractivity (Wildman–Crippen MR) is 70.1 cm³/mol. The molecular formula is C14H16N2O. The number of likely N-dealkylation sites (N-methyl/N-ethyl adjacent to an activating group) is 1. The van der Waals surface area contributed by atoms with Crippen LogP contribution in [0, 0.1) is 0 Å². The maximum Gasteiger partial charge on any atom is 0.270 e. The van der Waals surface area contributed by atoms with Crippen molar-refractivity contribution in [1.29, 1.82) is 0 Å². The third kappa shape index (κ3) is 2.38. The maximum atomic E-state index is 12.1. The molecule has 0 saturated heterocycles. The van der Waals surface area contributed by atoms with Gasteiger partial charge in [-0.05, 0) is 19.1 Å². The summed E-state index contributed by atoms with van der Waals surface area (Å²) >= 11 is 0. The number of para-hydroxylation sites is 1. The number of hydrogen-bond acceptors (Lipinski definition) is 1. The highest BCUT2D eigenvalue weighted by molar-refractivity contribution is 5.97. The Hall–Kier alpha value is -2.03. The lowest BCUT2D eigenvalue weighted by Gasteiger charge is -2.15. The average Bonchev–Trinajstić information content (AvgIpc) is 2.70. The quantitative estimate of drug-likeness (QED) is 0.806. The Balaban J connectivity index is 2.27. The molecule has 0 bridgehead atoms. The minimum Gasteiger partial charge on any atom is -0.351 e. The second kappa shape index (κ2) is 4.45. The lowest BCUT2D eigenvalue weighted by molar-refractivity contribution is 0.0802. The molecule has 1 heterocycles. The van der Waals surface area contributed by atoms with Crippen LogP contribution in [0.2, 0.25) is 0 Å². The predicted octanol–water partition coefficient (Wildman–Crippen LogP) is 2.82. The van der Waals surface area contributed by atoms with Crippen molar-refractivity contribution in [3.63, 3.8) is 0 Å². The minimum atomic E-state index is -0.0100. The summed E-state index contributed by atoms with van der Waals surface area (Å²) in [7, 11) is 1.78. The summed E-state index contributed by atoms with van der Waals surface area (Å²) in [6.45, 7) is 6.30. The molecule has 1 aromatic heterocycles. The first-order valence-corrected chi connectivity index (χ1v) is 5.55. The monoisotopic (exact) mass is 228 g/mol. The van der Waals surface area contributed by atoms with Crippen LogP contribution in [-0.2, 0) is 0 Å². The molecule has 1 aromatic carbocycles. The average molecular weight is 228 g/mol. The van der Waals surface area contributed by atoms with Crippen LogP contribution in [0.5, 0.6) is 0 Å². The van der Waals surface area contributed by atoms with Gasteiger partial charge in [0.1, 0.15) is 5.69 Å². The fourth-order valence-corrected chi connectivity index (χ4v) is 1.87. The second-order valence-corrected chi connectivity index (χ2v) is 4.39. The van der Waals surface area contributed by atoms with Gasteiger partial charge < -0.3 is 9.88 Å². The summed E-state index contributed by atoms with van der Waals surface area (Å²) < 4.78 is 0. The summed E-state index contributed by atoms with van der Waals surface area (Å²) in [4.78, 5) is 16.9. The van der Waals surface area contributed by atoms with E-state index in [1.165, 1.54) is 0 Å². The van der Waals surface area contributed by atoms with E-state index in [0.717, 1.165) is 16.5 Å². The SMILES string of the molecule is C=C(C)CN(C)C(=O)c1cc2ccccc2[nH]1. The van der Waals surface area contributed by atoms with E-state index in [4.69, 9.17) is 0 Å². The Morgan fingerprint density at radius 1 is 1.41 bits per heavy atom. The van der Waals surface area contributed by atoms with Crippen molar-refractivity contribution in [2.45, 2.75) is 6.92 Å². The van der Waals surface area contributed by atoms with E-state index < -0.39 is 0 Å². The first kappa shape index (κ1) is 11.5. The summed E-state index contributed by atoms with van der Waals surface area (Å²) in [6, 6.07) is 9.74. The van der Waals surface area contributed by atoms with Crippen LogP contribution in [0.4, 0.5) is 0 Å². The number of aromatic amines is 1. The van der Waals surface area contributed by atoms with E-state index in [-0.39, 0.29) is 5.91 Å². The molecule has 0 unspecified atom stereocenters. The van der Waals surface area contributed by atoms with Crippen LogP contribution in [0.3, 0.4) is 0 Å². The van der Waals surface area contributed by atoms with Crippen LogP contribution in [0.25, 0.3) is 10.9 Å². The number of nitrogens with one attached hydrogen (secondary N) is 1. The van der Waals surface area contributed by atoms with Gasteiger partial charge in [-0.3, -0.25) is 4.79 Å². The highest BCUT2D eigenvalue weighted by Crippen LogP contribution is 2.15. The summed E-state index contributed by atoms with van der Waals surface area (Å²) in [5.74, 6) is -0.0100. The number of amides is 1. The largest absolute Gasteiger partial charge is 0.351 e. The van der Waals surface area contributed by atoms with Crippen molar-refractivity contribution in [3.05, 3.63) is 48.2 Å². The zero-order chi connectivity index (χ0) is 12.4. The van der Waals surface area contributed by atoms with Gasteiger partial charge in [-0.15, -0.1) is 0 Å². The fraction of sp³-hybridized carbons (Fsp3) is 0.214.